The second kappa shape index (κ2) is 17.2. The van der Waals surface area contributed by atoms with E-state index < -0.39 is 11.7 Å². The third-order valence-corrected chi connectivity index (χ3v) is 13.6. The Kier molecular flexibility index (Phi) is 10.2. The predicted octanol–water partition coefficient (Wildman–Crippen LogP) is 17.1. The van der Waals surface area contributed by atoms with Crippen LogP contribution in [0.5, 0.6) is 0 Å². The van der Waals surface area contributed by atoms with E-state index >= 15 is 13.2 Å². The van der Waals surface area contributed by atoms with E-state index in [-0.39, 0.29) is 0 Å². The highest BCUT2D eigenvalue weighted by molar-refractivity contribution is 6.13. The molecule has 13 rings (SSSR count). The van der Waals surface area contributed by atoms with E-state index in [0.717, 1.165) is 82.7 Å². The van der Waals surface area contributed by atoms with Crippen LogP contribution >= 0.6 is 0 Å². The molecule has 5 nitrogen and oxygen atoms in total. The second-order valence-corrected chi connectivity index (χ2v) is 17.9. The van der Waals surface area contributed by atoms with Crippen LogP contribution in [0.15, 0.2) is 243 Å². The Morgan fingerprint density at radius 3 is 1.10 bits per heavy atom. The third-order valence-electron chi connectivity index (χ3n) is 13.6. The van der Waals surface area contributed by atoms with Crippen molar-refractivity contribution in [2.24, 2.45) is 0 Å². The van der Waals surface area contributed by atoms with Gasteiger partial charge in [0.1, 0.15) is 0 Å². The summed E-state index contributed by atoms with van der Waals surface area (Å²) >= 11 is 0. The lowest BCUT2D eigenvalue weighted by Gasteiger charge is -2.21. The van der Waals surface area contributed by atoms with Gasteiger partial charge < -0.3 is 9.13 Å². The van der Waals surface area contributed by atoms with Crippen LogP contribution in [0.2, 0.25) is 0 Å². The predicted molar refractivity (Wildman–Crippen MR) is 286 cm³/mol. The van der Waals surface area contributed by atoms with Crippen molar-refractivity contribution in [1.82, 2.24) is 24.1 Å². The molecule has 0 unspecified atom stereocenters. The molecule has 72 heavy (non-hydrogen) atoms. The minimum Gasteiger partial charge on any atom is -0.309 e. The van der Waals surface area contributed by atoms with Gasteiger partial charge in [0.05, 0.1) is 39.0 Å². The fourth-order valence-corrected chi connectivity index (χ4v) is 10.2. The van der Waals surface area contributed by atoms with Crippen LogP contribution in [0.3, 0.4) is 0 Å². The number of rotatable bonds is 8. The number of hydrogen-bond acceptors (Lipinski definition) is 3. The first-order valence-electron chi connectivity index (χ1n) is 23.7. The Bertz CT molecular complexity index is 4130. The summed E-state index contributed by atoms with van der Waals surface area (Å²) in [5.74, 6) is 1.48. The summed E-state index contributed by atoms with van der Waals surface area (Å²) in [5.41, 5.74) is 11.7. The van der Waals surface area contributed by atoms with Crippen LogP contribution in [0.4, 0.5) is 13.2 Å². The number of hydrogen-bond donors (Lipinski definition) is 0. The molecule has 0 aliphatic rings. The lowest BCUT2D eigenvalue weighted by molar-refractivity contribution is -0.137. The molecule has 0 saturated heterocycles. The van der Waals surface area contributed by atoms with Gasteiger partial charge in [-0.15, -0.1) is 0 Å². The van der Waals surface area contributed by atoms with E-state index in [4.69, 9.17) is 15.0 Å². The summed E-state index contributed by atoms with van der Waals surface area (Å²) in [4.78, 5) is 15.2. The van der Waals surface area contributed by atoms with Crippen molar-refractivity contribution < 1.29 is 13.2 Å². The van der Waals surface area contributed by atoms with Gasteiger partial charge in [0.15, 0.2) is 17.5 Å². The van der Waals surface area contributed by atoms with Gasteiger partial charge in [-0.2, -0.15) is 13.2 Å². The topological polar surface area (TPSA) is 48.5 Å². The van der Waals surface area contributed by atoms with Gasteiger partial charge in [-0.3, -0.25) is 0 Å². The molecule has 0 fully saturated rings. The molecule has 0 atom stereocenters. The fourth-order valence-electron chi connectivity index (χ4n) is 10.2. The Morgan fingerprint density at radius 1 is 0.278 bits per heavy atom. The standard InChI is InChI=1S/C64H40F3N5/c65-64(66,67)48-32-34-52(60(40-48)72-56-28-16-14-26-50(56)54-38-46(31-36-58(54)72)42-19-7-2-8-20-42)51-33-29-47(63-69-61(43-21-9-3-10-22-43)68-62(70-63)44-23-11-4-12-24-44)39-59(51)71-55-27-15-13-25-49(55)53-37-45(30-35-57(53)71)41-17-5-1-6-18-41/h1-40H. The second-order valence-electron chi connectivity index (χ2n) is 17.9. The summed E-state index contributed by atoms with van der Waals surface area (Å²) in [6.07, 6.45) is -4.62. The molecule has 3 heterocycles. The molecule has 0 bridgehead atoms. The molecule has 3 aromatic heterocycles. The SMILES string of the molecule is FC(F)(F)c1ccc(-c2ccc(-c3nc(-c4ccccc4)nc(-c4ccccc4)n3)cc2-n2c3ccccc3c3cc(-c4ccccc4)ccc32)c(-n2c3ccccc3c3cc(-c4ccccc4)ccc32)c1. The highest BCUT2D eigenvalue weighted by Crippen LogP contribution is 2.45. The van der Waals surface area contributed by atoms with Crippen molar-refractivity contribution in [3.8, 4) is 78.9 Å². The molecule has 0 aliphatic carbocycles. The minimum absolute atomic E-state index is 0.391. The molecule has 0 saturated carbocycles. The number of benzene rings is 10. The Labute approximate surface area is 412 Å². The van der Waals surface area contributed by atoms with Crippen molar-refractivity contribution >= 4 is 43.6 Å². The molecule has 10 aromatic carbocycles. The first kappa shape index (κ1) is 42.7. The number of para-hydroxylation sites is 2. The smallest absolute Gasteiger partial charge is 0.309 e. The van der Waals surface area contributed by atoms with E-state index in [9.17, 15) is 0 Å². The van der Waals surface area contributed by atoms with Crippen LogP contribution < -0.4 is 0 Å². The molecular formula is C64H40F3N5. The Balaban J connectivity index is 1.11. The quantitative estimate of drug-likeness (QED) is 0.153. The van der Waals surface area contributed by atoms with Crippen LogP contribution in [-0.4, -0.2) is 24.1 Å². The molecule has 8 heteroatoms. The van der Waals surface area contributed by atoms with Gasteiger partial charge in [0, 0.05) is 49.4 Å². The number of halogens is 3. The van der Waals surface area contributed by atoms with E-state index in [1.54, 1.807) is 6.07 Å². The number of aromatic nitrogens is 5. The lowest BCUT2D eigenvalue weighted by Crippen LogP contribution is -2.08. The van der Waals surface area contributed by atoms with E-state index in [0.29, 0.717) is 39.9 Å². The van der Waals surface area contributed by atoms with Gasteiger partial charge in [0.2, 0.25) is 0 Å². The molecule has 0 aliphatic heterocycles. The molecule has 0 amide bonds. The molecule has 0 spiro atoms. The van der Waals surface area contributed by atoms with Crippen LogP contribution in [0.1, 0.15) is 5.56 Å². The van der Waals surface area contributed by atoms with Gasteiger partial charge in [-0.25, -0.2) is 15.0 Å². The summed E-state index contributed by atoms with van der Waals surface area (Å²) in [5, 5.41) is 3.93. The number of fused-ring (bicyclic) bond motifs is 6. The van der Waals surface area contributed by atoms with Gasteiger partial charge in [0.25, 0.3) is 0 Å². The van der Waals surface area contributed by atoms with Gasteiger partial charge in [-0.1, -0.05) is 188 Å². The highest BCUT2D eigenvalue weighted by Gasteiger charge is 2.32. The van der Waals surface area contributed by atoms with Crippen molar-refractivity contribution in [2.75, 3.05) is 0 Å². The van der Waals surface area contributed by atoms with Gasteiger partial charge in [-0.05, 0) is 76.9 Å². The maximum atomic E-state index is 15.1. The zero-order valence-electron chi connectivity index (χ0n) is 38.5. The van der Waals surface area contributed by atoms with Crippen molar-refractivity contribution in [3.05, 3.63) is 248 Å². The molecule has 0 radical (unpaired) electrons. The van der Waals surface area contributed by atoms with E-state index in [2.05, 4.69) is 71.3 Å². The summed E-state index contributed by atoms with van der Waals surface area (Å²) in [7, 11) is 0. The summed E-state index contributed by atoms with van der Waals surface area (Å²) in [6, 6.07) is 79.2. The van der Waals surface area contributed by atoms with E-state index in [1.807, 2.05) is 162 Å². The normalized spacial score (nSPS) is 11.8. The number of nitrogens with zero attached hydrogens (tertiary/aromatic N) is 5. The highest BCUT2D eigenvalue weighted by atomic mass is 19.4. The maximum absolute atomic E-state index is 15.1. The zero-order chi connectivity index (χ0) is 48.3. The lowest BCUT2D eigenvalue weighted by atomic mass is 9.96. The first-order chi connectivity index (χ1) is 35.3. The zero-order valence-corrected chi connectivity index (χ0v) is 38.5. The van der Waals surface area contributed by atoms with Crippen molar-refractivity contribution in [1.29, 1.82) is 0 Å². The Hall–Kier alpha value is -9.40. The number of alkyl halides is 3. The average molecular weight is 936 g/mol. The van der Waals surface area contributed by atoms with Crippen LogP contribution in [-0.2, 0) is 6.18 Å². The van der Waals surface area contributed by atoms with Gasteiger partial charge >= 0.3 is 6.18 Å². The van der Waals surface area contributed by atoms with Crippen molar-refractivity contribution in [2.45, 2.75) is 6.18 Å². The maximum Gasteiger partial charge on any atom is 0.416 e. The monoisotopic (exact) mass is 935 g/mol. The molecule has 342 valence electrons. The van der Waals surface area contributed by atoms with E-state index in [1.165, 1.54) is 12.1 Å². The summed E-state index contributed by atoms with van der Waals surface area (Å²) < 4.78 is 49.6. The van der Waals surface area contributed by atoms with Crippen LogP contribution in [0.25, 0.3) is 123 Å². The molecule has 0 N–H and O–H groups in total. The van der Waals surface area contributed by atoms with Crippen molar-refractivity contribution in [3.63, 3.8) is 0 Å². The largest absolute Gasteiger partial charge is 0.416 e. The average Bonchev–Trinajstić information content (AvgIpc) is 3.95. The third kappa shape index (κ3) is 7.40. The fraction of sp³-hybridized carbons (Fsp3) is 0.0156. The molecule has 13 aromatic rings. The minimum atomic E-state index is -4.62. The first-order valence-corrected chi connectivity index (χ1v) is 23.7. The summed E-state index contributed by atoms with van der Waals surface area (Å²) in [6.45, 7) is 0. The van der Waals surface area contributed by atoms with Crippen LogP contribution in [0, 0.1) is 0 Å². The molecular weight excluding hydrogens is 896 g/mol. The Morgan fingerprint density at radius 2 is 0.639 bits per heavy atom.